The number of anilines is 2. The predicted molar refractivity (Wildman–Crippen MR) is 67.7 cm³/mol. The van der Waals surface area contributed by atoms with Crippen LogP contribution in [-0.2, 0) is 4.79 Å². The summed E-state index contributed by atoms with van der Waals surface area (Å²) in [5, 5.41) is 19.6. The number of hydrogen-bond donors (Lipinski definition) is 3. The summed E-state index contributed by atoms with van der Waals surface area (Å²) in [5.41, 5.74) is 0.870. The summed E-state index contributed by atoms with van der Waals surface area (Å²) >= 11 is 0. The minimum absolute atomic E-state index is 0.000603. The maximum atomic E-state index is 11.1. The first-order valence-electron chi connectivity index (χ1n) is 5.60. The first-order chi connectivity index (χ1) is 8.61. The van der Waals surface area contributed by atoms with E-state index in [9.17, 15) is 14.9 Å². The van der Waals surface area contributed by atoms with Crippen LogP contribution in [0.15, 0.2) is 18.2 Å². The van der Waals surface area contributed by atoms with Crippen LogP contribution < -0.4 is 16.0 Å². The number of hydrogen-bond acceptors (Lipinski definition) is 5. The van der Waals surface area contributed by atoms with E-state index in [1.54, 1.807) is 25.2 Å². The van der Waals surface area contributed by atoms with Crippen molar-refractivity contribution < 1.29 is 9.72 Å². The van der Waals surface area contributed by atoms with Gasteiger partial charge in [0.05, 0.1) is 11.0 Å². The van der Waals surface area contributed by atoms with Gasteiger partial charge in [0.15, 0.2) is 0 Å². The van der Waals surface area contributed by atoms with Crippen LogP contribution in [0.5, 0.6) is 0 Å². The number of nitro groups is 1. The first-order valence-corrected chi connectivity index (χ1v) is 5.60. The number of benzene rings is 1. The molecular formula is C11H14N4O3. The molecule has 0 spiro atoms. The first kappa shape index (κ1) is 12.2. The average molecular weight is 250 g/mol. The van der Waals surface area contributed by atoms with Gasteiger partial charge in [0.25, 0.3) is 0 Å². The van der Waals surface area contributed by atoms with Gasteiger partial charge in [-0.15, -0.1) is 0 Å². The predicted octanol–water partition coefficient (Wildman–Crippen LogP) is 0.937. The van der Waals surface area contributed by atoms with E-state index >= 15 is 0 Å². The van der Waals surface area contributed by atoms with Gasteiger partial charge >= 0.3 is 5.69 Å². The summed E-state index contributed by atoms with van der Waals surface area (Å²) in [7, 11) is 1.63. The second-order valence-corrected chi connectivity index (χ2v) is 4.06. The van der Waals surface area contributed by atoms with Gasteiger partial charge in [0.2, 0.25) is 5.91 Å². The Morgan fingerprint density at radius 2 is 2.17 bits per heavy atom. The van der Waals surface area contributed by atoms with Gasteiger partial charge < -0.3 is 16.0 Å². The van der Waals surface area contributed by atoms with E-state index in [-0.39, 0.29) is 17.6 Å². The Morgan fingerprint density at radius 3 is 2.72 bits per heavy atom. The van der Waals surface area contributed by atoms with E-state index in [1.165, 1.54) is 0 Å². The molecule has 1 aromatic rings. The van der Waals surface area contributed by atoms with Gasteiger partial charge in [-0.2, -0.15) is 0 Å². The molecular weight excluding hydrogens is 236 g/mol. The van der Waals surface area contributed by atoms with Crippen molar-refractivity contribution in [2.75, 3.05) is 24.2 Å². The zero-order valence-corrected chi connectivity index (χ0v) is 9.90. The molecule has 1 aliphatic heterocycles. The number of nitrogens with one attached hydrogen (secondary N) is 3. The number of nitro benzene ring substituents is 1. The molecule has 1 fully saturated rings. The Bertz CT molecular complexity index is 489. The molecule has 1 aliphatic rings. The number of para-hydroxylation sites is 1. The maximum Gasteiger partial charge on any atom is 0.315 e. The van der Waals surface area contributed by atoms with Crippen LogP contribution in [0.1, 0.15) is 6.42 Å². The normalized spacial score (nSPS) is 18.3. The Hall–Kier alpha value is -2.31. The van der Waals surface area contributed by atoms with E-state index < -0.39 is 4.92 Å². The lowest BCUT2D eigenvalue weighted by Crippen LogP contribution is -2.22. The summed E-state index contributed by atoms with van der Waals surface area (Å²) in [6.45, 7) is 0.486. The van der Waals surface area contributed by atoms with Gasteiger partial charge in [0, 0.05) is 20.0 Å². The van der Waals surface area contributed by atoms with E-state index in [0.29, 0.717) is 24.3 Å². The number of rotatable bonds is 4. The zero-order valence-electron chi connectivity index (χ0n) is 9.90. The molecule has 3 N–H and O–H groups in total. The summed E-state index contributed by atoms with van der Waals surface area (Å²) in [6, 6.07) is 4.90. The maximum absolute atomic E-state index is 11.1. The monoisotopic (exact) mass is 250 g/mol. The lowest BCUT2D eigenvalue weighted by atomic mass is 10.2. The smallest absolute Gasteiger partial charge is 0.315 e. The summed E-state index contributed by atoms with van der Waals surface area (Å²) in [4.78, 5) is 21.7. The number of nitrogens with zero attached hydrogens (tertiary/aromatic N) is 1. The molecule has 0 saturated carbocycles. The van der Waals surface area contributed by atoms with Gasteiger partial charge in [-0.25, -0.2) is 0 Å². The van der Waals surface area contributed by atoms with Gasteiger partial charge in [-0.05, 0) is 12.1 Å². The lowest BCUT2D eigenvalue weighted by molar-refractivity contribution is -0.383. The summed E-state index contributed by atoms with van der Waals surface area (Å²) in [6.07, 6.45) is 0.334. The van der Waals surface area contributed by atoms with Crippen LogP contribution >= 0.6 is 0 Å². The molecule has 0 aliphatic carbocycles. The van der Waals surface area contributed by atoms with Crippen LogP contribution in [0, 0.1) is 10.1 Å². The fourth-order valence-corrected chi connectivity index (χ4v) is 1.99. The quantitative estimate of drug-likeness (QED) is 0.546. The van der Waals surface area contributed by atoms with Gasteiger partial charge in [0.1, 0.15) is 11.4 Å². The molecule has 1 unspecified atom stereocenters. The van der Waals surface area contributed by atoms with Crippen LogP contribution in [0.25, 0.3) is 0 Å². The molecule has 7 heteroatoms. The van der Waals surface area contributed by atoms with Crippen LogP contribution in [-0.4, -0.2) is 30.5 Å². The van der Waals surface area contributed by atoms with Crippen molar-refractivity contribution in [2.24, 2.45) is 0 Å². The Kier molecular flexibility index (Phi) is 3.31. The third kappa shape index (κ3) is 2.34. The molecule has 1 amide bonds. The largest absolute Gasteiger partial charge is 0.382 e. The van der Waals surface area contributed by atoms with Crippen molar-refractivity contribution in [1.29, 1.82) is 0 Å². The molecule has 1 heterocycles. The van der Waals surface area contributed by atoms with Crippen LogP contribution in [0.2, 0.25) is 0 Å². The Balaban J connectivity index is 2.26. The molecule has 1 saturated heterocycles. The molecule has 96 valence electrons. The highest BCUT2D eigenvalue weighted by Crippen LogP contribution is 2.33. The molecule has 0 bridgehead atoms. The van der Waals surface area contributed by atoms with Gasteiger partial charge in [-0.3, -0.25) is 14.9 Å². The molecule has 18 heavy (non-hydrogen) atoms. The molecule has 1 atom stereocenters. The second-order valence-electron chi connectivity index (χ2n) is 4.06. The van der Waals surface area contributed by atoms with E-state index in [1.807, 2.05) is 0 Å². The third-order valence-electron chi connectivity index (χ3n) is 2.82. The number of amides is 1. The van der Waals surface area contributed by atoms with Crippen molar-refractivity contribution in [3.63, 3.8) is 0 Å². The fourth-order valence-electron chi connectivity index (χ4n) is 1.99. The lowest BCUT2D eigenvalue weighted by Gasteiger charge is -2.13. The molecule has 0 radical (unpaired) electrons. The summed E-state index contributed by atoms with van der Waals surface area (Å²) < 4.78 is 0. The summed E-state index contributed by atoms with van der Waals surface area (Å²) in [5.74, 6) is -0.0417. The molecule has 0 aromatic heterocycles. The van der Waals surface area contributed by atoms with Gasteiger partial charge in [-0.1, -0.05) is 6.07 Å². The Labute approximate surface area is 104 Å². The standard InChI is InChI=1S/C11H14N4O3/c1-12-8-3-2-4-9(11(8)15(17)18)14-7-5-10(16)13-6-7/h2-4,7,12,14H,5-6H2,1H3,(H,13,16). The number of carbonyl (C=O) groups excluding carboxylic acids is 1. The van der Waals surface area contributed by atoms with E-state index in [2.05, 4.69) is 16.0 Å². The molecule has 2 rings (SSSR count). The topological polar surface area (TPSA) is 96.3 Å². The zero-order chi connectivity index (χ0) is 13.1. The average Bonchev–Trinajstić information content (AvgIpc) is 2.74. The SMILES string of the molecule is CNc1cccc(NC2CNC(=O)C2)c1[N+](=O)[O-]. The molecule has 7 nitrogen and oxygen atoms in total. The highest BCUT2D eigenvalue weighted by Gasteiger charge is 2.25. The minimum Gasteiger partial charge on any atom is -0.382 e. The fraction of sp³-hybridized carbons (Fsp3) is 0.364. The highest BCUT2D eigenvalue weighted by atomic mass is 16.6. The third-order valence-corrected chi connectivity index (χ3v) is 2.82. The van der Waals surface area contributed by atoms with Crippen molar-refractivity contribution >= 4 is 23.0 Å². The minimum atomic E-state index is -0.432. The van der Waals surface area contributed by atoms with Crippen molar-refractivity contribution in [3.8, 4) is 0 Å². The van der Waals surface area contributed by atoms with Crippen molar-refractivity contribution in [2.45, 2.75) is 12.5 Å². The highest BCUT2D eigenvalue weighted by molar-refractivity contribution is 5.81. The van der Waals surface area contributed by atoms with E-state index in [0.717, 1.165) is 0 Å². The van der Waals surface area contributed by atoms with Crippen LogP contribution in [0.3, 0.4) is 0 Å². The van der Waals surface area contributed by atoms with E-state index in [4.69, 9.17) is 0 Å². The van der Waals surface area contributed by atoms with Crippen molar-refractivity contribution in [1.82, 2.24) is 5.32 Å². The second kappa shape index (κ2) is 4.91. The van der Waals surface area contributed by atoms with Crippen LogP contribution in [0.4, 0.5) is 17.1 Å². The molecule has 1 aromatic carbocycles. The number of carbonyl (C=O) groups is 1. The Morgan fingerprint density at radius 1 is 1.44 bits per heavy atom. The van der Waals surface area contributed by atoms with Crippen molar-refractivity contribution in [3.05, 3.63) is 28.3 Å².